The second-order valence-corrected chi connectivity index (χ2v) is 4.64. The maximum absolute atomic E-state index is 4.69. The maximum Gasteiger partial charge on any atom is 0.0294 e. The summed E-state index contributed by atoms with van der Waals surface area (Å²) in [6.45, 7) is 7.99. The van der Waals surface area contributed by atoms with Crippen LogP contribution in [0.4, 0.5) is 0 Å². The van der Waals surface area contributed by atoms with Crippen molar-refractivity contribution in [2.45, 2.75) is 52.5 Å². The minimum atomic E-state index is 0.393. The molecule has 0 aromatic heterocycles. The Bertz CT molecular complexity index is 105. The summed E-state index contributed by atoms with van der Waals surface area (Å²) >= 11 is 0. The summed E-state index contributed by atoms with van der Waals surface area (Å²) < 4.78 is 0. The minimum Gasteiger partial charge on any atom is -0.238 e. The Labute approximate surface area is 70.6 Å². The van der Waals surface area contributed by atoms with Gasteiger partial charge in [0.15, 0.2) is 0 Å². The summed E-state index contributed by atoms with van der Waals surface area (Å²) in [5.41, 5.74) is 0.393. The van der Waals surface area contributed by atoms with Gasteiger partial charge in [-0.2, -0.15) is 0 Å². The Morgan fingerprint density at radius 1 is 1.09 bits per heavy atom. The van der Waals surface area contributed by atoms with Gasteiger partial charge in [0.05, 0.1) is 0 Å². The molecule has 0 aromatic rings. The van der Waals surface area contributed by atoms with E-state index < -0.39 is 0 Å². The van der Waals surface area contributed by atoms with E-state index in [1.807, 2.05) is 0 Å². The second-order valence-electron chi connectivity index (χ2n) is 4.64. The molecule has 1 nitrogen and oxygen atoms in total. The van der Waals surface area contributed by atoms with Crippen LogP contribution in [0.5, 0.6) is 0 Å². The molecule has 0 aliphatic carbocycles. The molecule has 1 heteroatoms. The molecular formula is C10H20N. The molecule has 1 aliphatic heterocycles. The fraction of sp³-hybridized carbons (Fsp3) is 1.00. The number of rotatable bonds is 0. The van der Waals surface area contributed by atoms with Crippen LogP contribution < -0.4 is 5.32 Å². The van der Waals surface area contributed by atoms with E-state index in [1.165, 1.54) is 25.7 Å². The van der Waals surface area contributed by atoms with Crippen LogP contribution >= 0.6 is 0 Å². The van der Waals surface area contributed by atoms with Gasteiger partial charge < -0.3 is 0 Å². The van der Waals surface area contributed by atoms with Gasteiger partial charge >= 0.3 is 0 Å². The summed E-state index contributed by atoms with van der Waals surface area (Å²) in [5, 5.41) is 4.69. The summed E-state index contributed by atoms with van der Waals surface area (Å²) in [5.74, 6) is 0. The lowest BCUT2D eigenvalue weighted by Gasteiger charge is -2.28. The summed E-state index contributed by atoms with van der Waals surface area (Å²) in [7, 11) is 0. The zero-order chi connectivity index (χ0) is 8.32. The molecule has 0 bridgehead atoms. The van der Waals surface area contributed by atoms with E-state index in [2.05, 4.69) is 20.8 Å². The molecule has 1 heterocycles. The summed E-state index contributed by atoms with van der Waals surface area (Å²) in [4.78, 5) is 0. The summed E-state index contributed by atoms with van der Waals surface area (Å²) in [6.07, 6.45) is 5.39. The van der Waals surface area contributed by atoms with Gasteiger partial charge in [0, 0.05) is 12.6 Å². The Balaban J connectivity index is 2.43. The van der Waals surface area contributed by atoms with Gasteiger partial charge in [-0.3, -0.25) is 0 Å². The average Bonchev–Trinajstić information content (AvgIpc) is 2.10. The van der Waals surface area contributed by atoms with Crippen LogP contribution in [0.25, 0.3) is 0 Å². The lowest BCUT2D eigenvalue weighted by atomic mass is 9.84. The molecule has 1 radical (unpaired) electrons. The van der Waals surface area contributed by atoms with E-state index in [0.717, 1.165) is 6.54 Å². The van der Waals surface area contributed by atoms with Gasteiger partial charge in [-0.1, -0.05) is 33.6 Å². The van der Waals surface area contributed by atoms with Gasteiger partial charge in [0.2, 0.25) is 0 Å². The first kappa shape index (κ1) is 9.05. The molecule has 0 amide bonds. The molecule has 1 unspecified atom stereocenters. The van der Waals surface area contributed by atoms with Crippen LogP contribution in [0, 0.1) is 5.41 Å². The van der Waals surface area contributed by atoms with E-state index in [4.69, 9.17) is 5.32 Å². The van der Waals surface area contributed by atoms with Gasteiger partial charge in [-0.15, -0.1) is 0 Å². The first-order chi connectivity index (χ1) is 5.11. The number of hydrogen-bond donors (Lipinski definition) is 0. The summed E-state index contributed by atoms with van der Waals surface area (Å²) in [6, 6.07) is 0.616. The highest BCUT2D eigenvalue weighted by atomic mass is 14.9. The molecule has 1 rings (SSSR count). The van der Waals surface area contributed by atoms with Gasteiger partial charge in [-0.25, -0.2) is 5.32 Å². The van der Waals surface area contributed by atoms with Gasteiger partial charge in [0.25, 0.3) is 0 Å². The smallest absolute Gasteiger partial charge is 0.0294 e. The maximum atomic E-state index is 4.69. The zero-order valence-corrected chi connectivity index (χ0v) is 8.06. The Kier molecular flexibility index (Phi) is 2.94. The van der Waals surface area contributed by atoms with Crippen molar-refractivity contribution in [3.63, 3.8) is 0 Å². The minimum absolute atomic E-state index is 0.393. The fourth-order valence-corrected chi connectivity index (χ4v) is 1.67. The third kappa shape index (κ3) is 2.82. The molecule has 1 fully saturated rings. The molecule has 0 N–H and O–H groups in total. The van der Waals surface area contributed by atoms with Crippen molar-refractivity contribution < 1.29 is 0 Å². The van der Waals surface area contributed by atoms with E-state index in [0.29, 0.717) is 11.5 Å². The highest BCUT2D eigenvalue weighted by Crippen LogP contribution is 2.26. The fourth-order valence-electron chi connectivity index (χ4n) is 1.67. The van der Waals surface area contributed by atoms with Crippen molar-refractivity contribution in [2.75, 3.05) is 6.54 Å². The van der Waals surface area contributed by atoms with Crippen LogP contribution in [0.2, 0.25) is 0 Å². The molecule has 65 valence electrons. The normalized spacial score (nSPS) is 28.1. The Morgan fingerprint density at radius 2 is 1.82 bits per heavy atom. The molecular weight excluding hydrogens is 134 g/mol. The standard InChI is InChI=1S/C10H20N/c1-10(2,3)9-7-5-4-6-8-11-9/h9H,4-8H2,1-3H3. The predicted molar refractivity (Wildman–Crippen MR) is 48.7 cm³/mol. The van der Waals surface area contributed by atoms with Crippen molar-refractivity contribution in [2.24, 2.45) is 5.41 Å². The Hall–Kier alpha value is -0.0400. The molecule has 0 aromatic carbocycles. The van der Waals surface area contributed by atoms with E-state index in [9.17, 15) is 0 Å². The third-order valence-electron chi connectivity index (χ3n) is 2.48. The number of hydrogen-bond acceptors (Lipinski definition) is 0. The van der Waals surface area contributed by atoms with Crippen molar-refractivity contribution in [1.82, 2.24) is 5.32 Å². The highest BCUT2D eigenvalue weighted by Gasteiger charge is 2.25. The molecule has 1 aliphatic rings. The molecule has 0 spiro atoms. The first-order valence-corrected chi connectivity index (χ1v) is 4.77. The van der Waals surface area contributed by atoms with Crippen LogP contribution in [-0.4, -0.2) is 12.6 Å². The molecule has 0 saturated carbocycles. The van der Waals surface area contributed by atoms with E-state index in [1.54, 1.807) is 0 Å². The predicted octanol–water partition coefficient (Wildman–Crippen LogP) is 2.58. The van der Waals surface area contributed by atoms with Crippen molar-refractivity contribution in [3.8, 4) is 0 Å². The average molecular weight is 154 g/mol. The van der Waals surface area contributed by atoms with Crippen LogP contribution in [-0.2, 0) is 0 Å². The Morgan fingerprint density at radius 3 is 2.45 bits per heavy atom. The third-order valence-corrected chi connectivity index (χ3v) is 2.48. The molecule has 11 heavy (non-hydrogen) atoms. The first-order valence-electron chi connectivity index (χ1n) is 4.77. The van der Waals surface area contributed by atoms with Crippen molar-refractivity contribution in [1.29, 1.82) is 0 Å². The van der Waals surface area contributed by atoms with Gasteiger partial charge in [-0.05, 0) is 18.3 Å². The largest absolute Gasteiger partial charge is 0.238 e. The van der Waals surface area contributed by atoms with Crippen molar-refractivity contribution in [3.05, 3.63) is 0 Å². The lowest BCUT2D eigenvalue weighted by molar-refractivity contribution is 0.259. The second kappa shape index (κ2) is 3.57. The lowest BCUT2D eigenvalue weighted by Crippen LogP contribution is -2.34. The molecule has 1 saturated heterocycles. The monoisotopic (exact) mass is 154 g/mol. The molecule has 1 atom stereocenters. The van der Waals surface area contributed by atoms with Crippen LogP contribution in [0.1, 0.15) is 46.5 Å². The number of nitrogens with zero attached hydrogens (tertiary/aromatic N) is 1. The zero-order valence-electron chi connectivity index (χ0n) is 8.06. The van der Waals surface area contributed by atoms with Gasteiger partial charge in [0.1, 0.15) is 0 Å². The van der Waals surface area contributed by atoms with Crippen molar-refractivity contribution >= 4 is 0 Å². The SMILES string of the molecule is CC(C)(C)C1CCCCC[N]1. The van der Waals surface area contributed by atoms with E-state index in [-0.39, 0.29) is 0 Å². The van der Waals surface area contributed by atoms with E-state index >= 15 is 0 Å². The van der Waals surface area contributed by atoms with Crippen LogP contribution in [0.3, 0.4) is 0 Å². The highest BCUT2D eigenvalue weighted by molar-refractivity contribution is 4.81. The quantitative estimate of drug-likeness (QED) is 0.509. The van der Waals surface area contributed by atoms with Crippen LogP contribution in [0.15, 0.2) is 0 Å². The topological polar surface area (TPSA) is 14.1 Å².